The lowest BCUT2D eigenvalue weighted by atomic mass is 9.94. The van der Waals surface area contributed by atoms with E-state index in [1.165, 1.54) is 0 Å². The molecule has 7 nitrogen and oxygen atoms in total. The Morgan fingerprint density at radius 3 is 2.71 bits per heavy atom. The van der Waals surface area contributed by atoms with Gasteiger partial charge >= 0.3 is 5.69 Å². The fourth-order valence-corrected chi connectivity index (χ4v) is 2.81. The second-order valence-electron chi connectivity index (χ2n) is 6.56. The van der Waals surface area contributed by atoms with Gasteiger partial charge in [-0.25, -0.2) is 4.68 Å². The molecule has 0 saturated carbocycles. The first-order valence-electron chi connectivity index (χ1n) is 7.33. The van der Waals surface area contributed by atoms with Gasteiger partial charge in [0.05, 0.1) is 10.5 Å². The molecule has 0 amide bonds. The average molecular weight is 296 g/mol. The highest BCUT2D eigenvalue weighted by atomic mass is 16.6. The minimum atomic E-state index is -0.338. The molecule has 1 N–H and O–H groups in total. The molecule has 0 aliphatic carbocycles. The summed E-state index contributed by atoms with van der Waals surface area (Å²) in [4.78, 5) is 11.1. The highest BCUT2D eigenvalue weighted by molar-refractivity contribution is 5.61. The van der Waals surface area contributed by atoms with Gasteiger partial charge in [-0.1, -0.05) is 13.8 Å². The number of anilines is 1. The molecule has 1 aromatic heterocycles. The number of hydrogen-bond donors (Lipinski definition) is 1. The van der Waals surface area contributed by atoms with Crippen LogP contribution in [0.5, 0.6) is 0 Å². The summed E-state index contributed by atoms with van der Waals surface area (Å²) in [6.45, 7) is 8.57. The van der Waals surface area contributed by atoms with Crippen molar-refractivity contribution >= 4 is 11.5 Å². The summed E-state index contributed by atoms with van der Waals surface area (Å²) in [5, 5.41) is 19.0. The van der Waals surface area contributed by atoms with Gasteiger partial charge < -0.3 is 10.1 Å². The second-order valence-corrected chi connectivity index (χ2v) is 6.56. The summed E-state index contributed by atoms with van der Waals surface area (Å²) in [5.41, 5.74) is 0.414. The number of aromatic nitrogens is 2. The van der Waals surface area contributed by atoms with Gasteiger partial charge in [-0.05, 0) is 26.7 Å². The fourth-order valence-electron chi connectivity index (χ4n) is 2.81. The van der Waals surface area contributed by atoms with Gasteiger partial charge in [0.25, 0.3) is 0 Å². The lowest BCUT2D eigenvalue weighted by Gasteiger charge is -2.36. The van der Waals surface area contributed by atoms with Crippen molar-refractivity contribution in [3.8, 4) is 0 Å². The molecule has 1 saturated heterocycles. The van der Waals surface area contributed by atoms with Crippen molar-refractivity contribution in [2.45, 2.75) is 58.1 Å². The Morgan fingerprint density at radius 2 is 2.19 bits per heavy atom. The molecular weight excluding hydrogens is 272 g/mol. The number of nitrogens with zero attached hydrogens (tertiary/aromatic N) is 3. The molecule has 0 radical (unpaired) electrons. The molecule has 2 heterocycles. The highest BCUT2D eigenvalue weighted by Crippen LogP contribution is 2.35. The number of ether oxygens (including phenoxy) is 1. The predicted octanol–water partition coefficient (Wildman–Crippen LogP) is 2.82. The summed E-state index contributed by atoms with van der Waals surface area (Å²) >= 11 is 0. The summed E-state index contributed by atoms with van der Waals surface area (Å²) in [7, 11) is 1.74. The van der Waals surface area contributed by atoms with E-state index in [1.807, 2.05) is 27.7 Å². The molecule has 1 atom stereocenters. The SMILES string of the molecule is CC(C)c1nn(C)c(NC2CCOC(C)(C)C2)c1[N+](=O)[O-]. The molecule has 21 heavy (non-hydrogen) atoms. The Labute approximate surface area is 124 Å². The topological polar surface area (TPSA) is 82.2 Å². The van der Waals surface area contributed by atoms with Crippen LogP contribution >= 0.6 is 0 Å². The number of nitrogens with one attached hydrogen (secondary N) is 1. The van der Waals surface area contributed by atoms with Gasteiger partial charge in [0, 0.05) is 25.6 Å². The van der Waals surface area contributed by atoms with Crippen molar-refractivity contribution in [2.24, 2.45) is 7.05 Å². The molecule has 1 aliphatic heterocycles. The van der Waals surface area contributed by atoms with Crippen LogP contribution in [0, 0.1) is 10.1 Å². The Hall–Kier alpha value is -1.63. The van der Waals surface area contributed by atoms with Gasteiger partial charge in [0.1, 0.15) is 5.69 Å². The molecule has 0 bridgehead atoms. The van der Waals surface area contributed by atoms with E-state index in [0.29, 0.717) is 18.1 Å². The zero-order valence-electron chi connectivity index (χ0n) is 13.3. The van der Waals surface area contributed by atoms with Crippen molar-refractivity contribution in [1.82, 2.24) is 9.78 Å². The Kier molecular flexibility index (Phi) is 4.22. The lowest BCUT2D eigenvalue weighted by Crippen LogP contribution is -2.40. The van der Waals surface area contributed by atoms with E-state index in [9.17, 15) is 10.1 Å². The van der Waals surface area contributed by atoms with Gasteiger partial charge in [0.15, 0.2) is 0 Å². The fraction of sp³-hybridized carbons (Fsp3) is 0.786. The van der Waals surface area contributed by atoms with Crippen LogP contribution in [0.4, 0.5) is 11.5 Å². The molecule has 0 aromatic carbocycles. The molecule has 2 rings (SSSR count). The Balaban J connectivity index is 2.29. The van der Waals surface area contributed by atoms with Crippen molar-refractivity contribution in [3.63, 3.8) is 0 Å². The molecule has 7 heteroatoms. The van der Waals surface area contributed by atoms with E-state index in [2.05, 4.69) is 10.4 Å². The third-order valence-corrected chi connectivity index (χ3v) is 3.82. The third kappa shape index (κ3) is 3.34. The van der Waals surface area contributed by atoms with Gasteiger partial charge in [-0.2, -0.15) is 5.10 Å². The maximum atomic E-state index is 11.4. The van der Waals surface area contributed by atoms with Crippen molar-refractivity contribution < 1.29 is 9.66 Å². The number of aryl methyl sites for hydroxylation is 1. The maximum absolute atomic E-state index is 11.4. The summed E-state index contributed by atoms with van der Waals surface area (Å²) in [6, 6.07) is 0.155. The van der Waals surface area contributed by atoms with Crippen LogP contribution in [0.2, 0.25) is 0 Å². The van der Waals surface area contributed by atoms with E-state index in [-0.39, 0.29) is 28.2 Å². The minimum absolute atomic E-state index is 0.0123. The van der Waals surface area contributed by atoms with Crippen LogP contribution in [-0.2, 0) is 11.8 Å². The number of hydrogen-bond acceptors (Lipinski definition) is 5. The minimum Gasteiger partial charge on any atom is -0.375 e. The normalized spacial score (nSPS) is 21.5. The standard InChI is InChI=1S/C14H24N4O3/c1-9(2)11-12(18(19)20)13(17(5)16-11)15-10-6-7-21-14(3,4)8-10/h9-10,15H,6-8H2,1-5H3. The largest absolute Gasteiger partial charge is 0.375 e. The summed E-state index contributed by atoms with van der Waals surface area (Å²) < 4.78 is 7.27. The van der Waals surface area contributed by atoms with Crippen LogP contribution in [-0.4, -0.2) is 33.0 Å². The Bertz CT molecular complexity index is 537. The average Bonchev–Trinajstić information content (AvgIpc) is 2.66. The van der Waals surface area contributed by atoms with E-state index < -0.39 is 0 Å². The van der Waals surface area contributed by atoms with Gasteiger partial charge in [-0.3, -0.25) is 10.1 Å². The van der Waals surface area contributed by atoms with Gasteiger partial charge in [-0.15, -0.1) is 0 Å². The molecule has 118 valence electrons. The van der Waals surface area contributed by atoms with Crippen LogP contribution in [0.3, 0.4) is 0 Å². The highest BCUT2D eigenvalue weighted by Gasteiger charge is 2.33. The first-order valence-corrected chi connectivity index (χ1v) is 7.33. The van der Waals surface area contributed by atoms with E-state index in [4.69, 9.17) is 4.74 Å². The summed E-state index contributed by atoms with van der Waals surface area (Å²) in [6.07, 6.45) is 1.65. The first kappa shape index (κ1) is 15.8. The summed E-state index contributed by atoms with van der Waals surface area (Å²) in [5.74, 6) is 0.504. The van der Waals surface area contributed by atoms with Crippen LogP contribution < -0.4 is 5.32 Å². The molecule has 1 fully saturated rings. The van der Waals surface area contributed by atoms with E-state index >= 15 is 0 Å². The van der Waals surface area contributed by atoms with E-state index in [0.717, 1.165) is 12.8 Å². The smallest absolute Gasteiger partial charge is 0.334 e. The number of nitro groups is 1. The van der Waals surface area contributed by atoms with Crippen molar-refractivity contribution in [1.29, 1.82) is 0 Å². The van der Waals surface area contributed by atoms with Crippen LogP contribution in [0.25, 0.3) is 0 Å². The molecule has 1 aliphatic rings. The van der Waals surface area contributed by atoms with E-state index in [1.54, 1.807) is 11.7 Å². The molecule has 1 aromatic rings. The van der Waals surface area contributed by atoms with Crippen molar-refractivity contribution in [3.05, 3.63) is 15.8 Å². The number of rotatable bonds is 4. The third-order valence-electron chi connectivity index (χ3n) is 3.82. The predicted molar refractivity (Wildman–Crippen MR) is 80.6 cm³/mol. The van der Waals surface area contributed by atoms with Crippen LogP contribution in [0.15, 0.2) is 0 Å². The maximum Gasteiger partial charge on any atom is 0.334 e. The molecule has 1 unspecified atom stereocenters. The second kappa shape index (κ2) is 5.63. The van der Waals surface area contributed by atoms with Gasteiger partial charge in [0.2, 0.25) is 5.82 Å². The van der Waals surface area contributed by atoms with Crippen LogP contribution in [0.1, 0.15) is 52.1 Å². The first-order chi connectivity index (χ1) is 9.71. The molecular formula is C14H24N4O3. The molecule has 0 spiro atoms. The zero-order chi connectivity index (χ0) is 15.8. The quantitative estimate of drug-likeness (QED) is 0.682. The monoisotopic (exact) mass is 296 g/mol. The lowest BCUT2D eigenvalue weighted by molar-refractivity contribution is -0.384. The zero-order valence-corrected chi connectivity index (χ0v) is 13.3. The Morgan fingerprint density at radius 1 is 1.52 bits per heavy atom. The van der Waals surface area contributed by atoms with Crippen molar-refractivity contribution in [2.75, 3.05) is 11.9 Å².